The van der Waals surface area contributed by atoms with Gasteiger partial charge < -0.3 is 19.9 Å². The number of aliphatic hydroxyl groups is 1. The quantitative estimate of drug-likeness (QED) is 0.489. The van der Waals surface area contributed by atoms with Crippen molar-refractivity contribution in [1.29, 1.82) is 0 Å². The van der Waals surface area contributed by atoms with E-state index in [0.29, 0.717) is 11.5 Å². The lowest BCUT2D eigenvalue weighted by molar-refractivity contribution is 0.126. The van der Waals surface area contributed by atoms with Gasteiger partial charge in [0.15, 0.2) is 4.34 Å². The van der Waals surface area contributed by atoms with Gasteiger partial charge in [0.1, 0.15) is 23.9 Å². The second-order valence-corrected chi connectivity index (χ2v) is 7.81. The zero-order valence-corrected chi connectivity index (χ0v) is 16.5. The van der Waals surface area contributed by atoms with Gasteiger partial charge in [-0.25, -0.2) is 0 Å². The van der Waals surface area contributed by atoms with Gasteiger partial charge in [0.05, 0.1) is 6.10 Å². The van der Waals surface area contributed by atoms with Crippen molar-refractivity contribution in [3.05, 3.63) is 54.6 Å². The van der Waals surface area contributed by atoms with Crippen LogP contribution in [0.25, 0.3) is 0 Å². The van der Waals surface area contributed by atoms with Crippen LogP contribution in [0.2, 0.25) is 0 Å². The Kier molecular flexibility index (Phi) is 7.32. The van der Waals surface area contributed by atoms with Gasteiger partial charge in [-0.1, -0.05) is 41.3 Å². The van der Waals surface area contributed by atoms with Gasteiger partial charge in [-0.15, -0.1) is 10.2 Å². The lowest BCUT2D eigenvalue weighted by atomic mass is 10.3. The van der Waals surface area contributed by atoms with Crippen LogP contribution in [0, 0.1) is 0 Å². The van der Waals surface area contributed by atoms with E-state index in [1.54, 1.807) is 0 Å². The van der Waals surface area contributed by atoms with Crippen LogP contribution in [0.3, 0.4) is 0 Å². The van der Waals surface area contributed by atoms with Crippen molar-refractivity contribution in [2.45, 2.75) is 17.4 Å². The summed E-state index contributed by atoms with van der Waals surface area (Å²) >= 11 is 2.95. The monoisotopic (exact) mass is 403 g/mol. The fraction of sp³-hybridized carbons (Fsp3) is 0.263. The maximum absolute atomic E-state index is 10.1. The number of thioether (sulfide) groups is 1. The Morgan fingerprint density at radius 1 is 1.04 bits per heavy atom. The first-order valence-electron chi connectivity index (χ1n) is 8.57. The molecule has 142 valence electrons. The summed E-state index contributed by atoms with van der Waals surface area (Å²) in [7, 11) is 0. The van der Waals surface area contributed by atoms with Crippen LogP contribution in [0.5, 0.6) is 17.2 Å². The molecule has 2 aromatic carbocycles. The maximum atomic E-state index is 10.1. The molecular formula is C19H21N3O3S2. The predicted molar refractivity (Wildman–Crippen MR) is 109 cm³/mol. The van der Waals surface area contributed by atoms with Crippen LogP contribution in [0.4, 0.5) is 5.13 Å². The van der Waals surface area contributed by atoms with Crippen molar-refractivity contribution in [2.75, 3.05) is 24.2 Å². The van der Waals surface area contributed by atoms with E-state index < -0.39 is 6.10 Å². The Morgan fingerprint density at radius 3 is 2.48 bits per heavy atom. The number of nitrogens with one attached hydrogen (secondary N) is 1. The van der Waals surface area contributed by atoms with Gasteiger partial charge in [0.2, 0.25) is 5.13 Å². The lowest BCUT2D eigenvalue weighted by Crippen LogP contribution is -2.19. The molecule has 0 fully saturated rings. The fourth-order valence-electron chi connectivity index (χ4n) is 2.13. The molecule has 3 rings (SSSR count). The molecule has 0 unspecified atom stereocenters. The molecule has 1 aromatic heterocycles. The van der Waals surface area contributed by atoms with Crippen molar-refractivity contribution in [2.24, 2.45) is 0 Å². The van der Waals surface area contributed by atoms with Crippen LogP contribution >= 0.6 is 23.1 Å². The minimum absolute atomic E-state index is 0.213. The van der Waals surface area contributed by atoms with E-state index in [1.807, 2.05) is 61.5 Å². The number of ether oxygens (including phenoxy) is 2. The van der Waals surface area contributed by atoms with Crippen molar-refractivity contribution < 1.29 is 14.6 Å². The molecule has 0 spiro atoms. The van der Waals surface area contributed by atoms with Gasteiger partial charge in [-0.2, -0.15) is 0 Å². The number of hydrogen-bond acceptors (Lipinski definition) is 8. The van der Waals surface area contributed by atoms with Crippen LogP contribution in [0.1, 0.15) is 6.92 Å². The van der Waals surface area contributed by atoms with Crippen molar-refractivity contribution in [3.63, 3.8) is 0 Å². The highest BCUT2D eigenvalue weighted by Gasteiger charge is 2.10. The smallest absolute Gasteiger partial charge is 0.206 e. The Hall–Kier alpha value is -2.29. The van der Waals surface area contributed by atoms with Gasteiger partial charge >= 0.3 is 0 Å². The molecule has 8 heteroatoms. The zero-order chi connectivity index (χ0) is 18.9. The number of para-hydroxylation sites is 1. The fourth-order valence-corrected chi connectivity index (χ4v) is 3.88. The number of aromatic nitrogens is 2. The number of aliphatic hydroxyl groups excluding tert-OH is 1. The Labute approximate surface area is 166 Å². The molecule has 2 N–H and O–H groups in total. The molecule has 0 radical (unpaired) electrons. The van der Waals surface area contributed by atoms with E-state index in [4.69, 9.17) is 9.47 Å². The van der Waals surface area contributed by atoms with E-state index in [-0.39, 0.29) is 6.61 Å². The SMILES string of the molecule is CCNc1nnc(SC[C@@H](O)COc2ccc(Oc3ccccc3)cc2)s1. The summed E-state index contributed by atoms with van der Waals surface area (Å²) in [6, 6.07) is 16.9. The van der Waals surface area contributed by atoms with Crippen molar-refractivity contribution >= 4 is 28.2 Å². The third-order valence-corrected chi connectivity index (χ3v) is 5.54. The molecular weight excluding hydrogens is 382 g/mol. The third kappa shape index (κ3) is 6.42. The lowest BCUT2D eigenvalue weighted by Gasteiger charge is -2.12. The molecule has 6 nitrogen and oxygen atoms in total. The molecule has 1 atom stereocenters. The van der Waals surface area contributed by atoms with Gasteiger partial charge in [0.25, 0.3) is 0 Å². The third-order valence-electron chi connectivity index (χ3n) is 3.38. The number of rotatable bonds is 10. The molecule has 0 bridgehead atoms. The second-order valence-electron chi connectivity index (χ2n) is 5.57. The van der Waals surface area contributed by atoms with E-state index in [1.165, 1.54) is 23.1 Å². The minimum Gasteiger partial charge on any atom is -0.491 e. The number of nitrogens with zero attached hydrogens (tertiary/aromatic N) is 2. The van der Waals surface area contributed by atoms with E-state index in [0.717, 1.165) is 27.5 Å². The van der Waals surface area contributed by atoms with E-state index in [2.05, 4.69) is 15.5 Å². The highest BCUT2D eigenvalue weighted by molar-refractivity contribution is 8.01. The highest BCUT2D eigenvalue weighted by Crippen LogP contribution is 2.26. The number of anilines is 1. The summed E-state index contributed by atoms with van der Waals surface area (Å²) in [6.45, 7) is 3.03. The molecule has 0 aliphatic heterocycles. The average molecular weight is 404 g/mol. The Morgan fingerprint density at radius 2 is 1.74 bits per heavy atom. The second kappa shape index (κ2) is 10.1. The predicted octanol–water partition coefficient (Wildman–Crippen LogP) is 4.29. The molecule has 3 aromatic rings. The molecule has 0 saturated carbocycles. The first kappa shape index (κ1) is 19.5. The van der Waals surface area contributed by atoms with Crippen molar-refractivity contribution in [3.8, 4) is 17.2 Å². The number of benzene rings is 2. The largest absolute Gasteiger partial charge is 0.491 e. The summed E-state index contributed by atoms with van der Waals surface area (Å²) in [5.74, 6) is 2.70. The molecule has 27 heavy (non-hydrogen) atoms. The topological polar surface area (TPSA) is 76.5 Å². The van der Waals surface area contributed by atoms with E-state index in [9.17, 15) is 5.11 Å². The summed E-state index contributed by atoms with van der Waals surface area (Å²) in [4.78, 5) is 0. The Balaban J connectivity index is 1.41. The molecule has 1 heterocycles. The summed E-state index contributed by atoms with van der Waals surface area (Å²) in [5, 5.41) is 22.1. The average Bonchev–Trinajstić information content (AvgIpc) is 3.14. The summed E-state index contributed by atoms with van der Waals surface area (Å²) in [6.07, 6.45) is -0.596. The Bertz CT molecular complexity index is 813. The first-order valence-corrected chi connectivity index (χ1v) is 10.4. The molecule has 0 amide bonds. The van der Waals surface area contributed by atoms with Crippen LogP contribution in [0.15, 0.2) is 58.9 Å². The van der Waals surface area contributed by atoms with Crippen LogP contribution < -0.4 is 14.8 Å². The van der Waals surface area contributed by atoms with Crippen LogP contribution in [-0.4, -0.2) is 40.3 Å². The molecule has 0 saturated heterocycles. The van der Waals surface area contributed by atoms with Crippen molar-refractivity contribution in [1.82, 2.24) is 10.2 Å². The standard InChI is InChI=1S/C19H21N3O3S2/c1-2-20-18-21-22-19(27-18)26-13-14(23)12-24-15-8-10-17(11-9-15)25-16-6-4-3-5-7-16/h3-11,14,23H,2,12-13H2,1H3,(H,20,21)/t14-/m0/s1. The summed E-state index contributed by atoms with van der Waals surface area (Å²) in [5.41, 5.74) is 0. The zero-order valence-electron chi connectivity index (χ0n) is 14.9. The van der Waals surface area contributed by atoms with Crippen LogP contribution in [-0.2, 0) is 0 Å². The number of hydrogen-bond donors (Lipinski definition) is 2. The minimum atomic E-state index is -0.596. The summed E-state index contributed by atoms with van der Waals surface area (Å²) < 4.78 is 12.2. The van der Waals surface area contributed by atoms with Gasteiger partial charge in [0, 0.05) is 12.3 Å². The molecule has 0 aliphatic rings. The first-order chi connectivity index (χ1) is 13.2. The van der Waals surface area contributed by atoms with Gasteiger partial charge in [-0.3, -0.25) is 0 Å². The molecule has 0 aliphatic carbocycles. The van der Waals surface area contributed by atoms with E-state index >= 15 is 0 Å². The normalized spacial score (nSPS) is 11.8. The maximum Gasteiger partial charge on any atom is 0.206 e. The highest BCUT2D eigenvalue weighted by atomic mass is 32.2. The van der Waals surface area contributed by atoms with Gasteiger partial charge in [-0.05, 0) is 43.3 Å².